The van der Waals surface area contributed by atoms with E-state index >= 15 is 0 Å². The molecule has 0 spiro atoms. The van der Waals surface area contributed by atoms with Gasteiger partial charge in [-0.3, -0.25) is 0 Å². The topological polar surface area (TPSA) is 26.3 Å². The first-order chi connectivity index (χ1) is 22.8. The molecule has 2 heterocycles. The Morgan fingerprint density at radius 1 is 0.304 bits per heavy atom. The van der Waals surface area contributed by atoms with E-state index in [1.807, 2.05) is 18.2 Å². The highest BCUT2D eigenvalue weighted by molar-refractivity contribution is 6.27. The maximum Gasteiger partial charge on any atom is 0.144 e. The van der Waals surface area contributed by atoms with Crippen molar-refractivity contribution in [1.82, 2.24) is 0 Å². The van der Waals surface area contributed by atoms with E-state index in [0.29, 0.717) is 0 Å². The molecule has 10 rings (SSSR count). The van der Waals surface area contributed by atoms with Gasteiger partial charge in [0.2, 0.25) is 0 Å². The molecule has 0 saturated carbocycles. The molecule has 0 radical (unpaired) electrons. The summed E-state index contributed by atoms with van der Waals surface area (Å²) < 4.78 is 13.1. The molecular formula is C44H26O2. The number of benzene rings is 8. The molecule has 2 nitrogen and oxygen atoms in total. The van der Waals surface area contributed by atoms with Gasteiger partial charge in [-0.15, -0.1) is 0 Å². The molecule has 0 bridgehead atoms. The molecular weight excluding hydrogens is 560 g/mol. The van der Waals surface area contributed by atoms with Gasteiger partial charge in [-0.05, 0) is 74.1 Å². The smallest absolute Gasteiger partial charge is 0.144 e. The summed E-state index contributed by atoms with van der Waals surface area (Å²) >= 11 is 0. The lowest BCUT2D eigenvalue weighted by molar-refractivity contribution is 0.668. The Balaban J connectivity index is 1.23. The summed E-state index contributed by atoms with van der Waals surface area (Å²) in [6, 6.07) is 56.1. The van der Waals surface area contributed by atoms with Gasteiger partial charge in [0.05, 0.1) is 0 Å². The normalized spacial score (nSPS) is 11.9. The van der Waals surface area contributed by atoms with Gasteiger partial charge in [0.15, 0.2) is 0 Å². The van der Waals surface area contributed by atoms with Crippen LogP contribution in [0.3, 0.4) is 0 Å². The molecule has 0 saturated heterocycles. The number of hydrogen-bond donors (Lipinski definition) is 0. The second kappa shape index (κ2) is 9.69. The zero-order valence-electron chi connectivity index (χ0n) is 24.8. The number of furan rings is 2. The molecule has 46 heavy (non-hydrogen) atoms. The van der Waals surface area contributed by atoms with Crippen molar-refractivity contribution >= 4 is 65.4 Å². The highest BCUT2D eigenvalue weighted by atomic mass is 16.3. The van der Waals surface area contributed by atoms with Crippen molar-refractivity contribution in [1.29, 1.82) is 0 Å². The van der Waals surface area contributed by atoms with Crippen molar-refractivity contribution in [3.05, 3.63) is 158 Å². The van der Waals surface area contributed by atoms with Crippen molar-refractivity contribution in [2.24, 2.45) is 0 Å². The van der Waals surface area contributed by atoms with Crippen LogP contribution < -0.4 is 0 Å². The first kappa shape index (κ1) is 25.2. The van der Waals surface area contributed by atoms with Crippen LogP contribution in [0.2, 0.25) is 0 Å². The van der Waals surface area contributed by atoms with Gasteiger partial charge in [0.25, 0.3) is 0 Å². The van der Waals surface area contributed by atoms with E-state index in [9.17, 15) is 0 Å². The number of fused-ring (bicyclic) bond motifs is 8. The van der Waals surface area contributed by atoms with Crippen LogP contribution in [-0.2, 0) is 0 Å². The summed E-state index contributed by atoms with van der Waals surface area (Å²) in [4.78, 5) is 0. The molecule has 2 heteroatoms. The number of para-hydroxylation sites is 2. The Bertz CT molecular complexity index is 2790. The van der Waals surface area contributed by atoms with Crippen LogP contribution in [0.4, 0.5) is 0 Å². The van der Waals surface area contributed by atoms with Gasteiger partial charge >= 0.3 is 0 Å². The lowest BCUT2D eigenvalue weighted by Crippen LogP contribution is -1.89. The van der Waals surface area contributed by atoms with Crippen molar-refractivity contribution in [2.45, 2.75) is 0 Å². The quantitative estimate of drug-likeness (QED) is 0.206. The standard InChI is InChI=1S/C44H26O2/c1-2-10-30-25-31(22-19-27(30)9-1)28-17-20-29(21-18-28)41-35-12-3-4-13-36(35)42(44-43(41)37-14-6-8-16-39(37)46-44)32-23-24-34-33-11-5-7-15-38(33)45-40(34)26-32/h1-26H. The molecule has 0 aliphatic carbocycles. The summed E-state index contributed by atoms with van der Waals surface area (Å²) in [7, 11) is 0. The third-order valence-electron chi connectivity index (χ3n) is 9.46. The van der Waals surface area contributed by atoms with E-state index < -0.39 is 0 Å². The third-order valence-corrected chi connectivity index (χ3v) is 9.46. The van der Waals surface area contributed by atoms with E-state index in [-0.39, 0.29) is 0 Å². The Hall–Kier alpha value is -6.12. The van der Waals surface area contributed by atoms with Crippen molar-refractivity contribution < 1.29 is 8.83 Å². The first-order valence-corrected chi connectivity index (χ1v) is 15.7. The van der Waals surface area contributed by atoms with Crippen molar-refractivity contribution in [3.63, 3.8) is 0 Å². The molecule has 0 fully saturated rings. The summed E-state index contributed by atoms with van der Waals surface area (Å²) in [5.41, 5.74) is 10.5. The predicted octanol–water partition coefficient (Wildman–Crippen LogP) is 12.8. The van der Waals surface area contributed by atoms with Crippen molar-refractivity contribution in [2.75, 3.05) is 0 Å². The Labute approximate surface area is 264 Å². The molecule has 10 aromatic rings. The molecule has 0 aliphatic rings. The maximum absolute atomic E-state index is 6.78. The summed E-state index contributed by atoms with van der Waals surface area (Å²) in [6.07, 6.45) is 0. The van der Waals surface area contributed by atoms with Crippen LogP contribution in [0.5, 0.6) is 0 Å². The lowest BCUT2D eigenvalue weighted by atomic mass is 9.87. The van der Waals surface area contributed by atoms with Gasteiger partial charge in [-0.25, -0.2) is 0 Å². The fourth-order valence-corrected chi connectivity index (χ4v) is 7.31. The predicted molar refractivity (Wildman–Crippen MR) is 192 cm³/mol. The van der Waals surface area contributed by atoms with Gasteiger partial charge in [0, 0.05) is 32.7 Å². The Morgan fingerprint density at radius 2 is 0.870 bits per heavy atom. The number of hydrogen-bond acceptors (Lipinski definition) is 2. The van der Waals surface area contributed by atoms with Crippen molar-refractivity contribution in [3.8, 4) is 33.4 Å². The van der Waals surface area contributed by atoms with Crippen LogP contribution in [-0.4, -0.2) is 0 Å². The van der Waals surface area contributed by atoms with Gasteiger partial charge in [-0.2, -0.15) is 0 Å². The minimum Gasteiger partial charge on any atom is -0.456 e. The fraction of sp³-hybridized carbons (Fsp3) is 0. The molecule has 0 unspecified atom stereocenters. The minimum absolute atomic E-state index is 0.875. The van der Waals surface area contributed by atoms with Gasteiger partial charge in [-0.1, -0.05) is 127 Å². The van der Waals surface area contributed by atoms with Crippen LogP contribution in [0.1, 0.15) is 0 Å². The lowest BCUT2D eigenvalue weighted by Gasteiger charge is -2.15. The Morgan fingerprint density at radius 3 is 1.67 bits per heavy atom. The summed E-state index contributed by atoms with van der Waals surface area (Å²) in [5.74, 6) is 0. The minimum atomic E-state index is 0.875. The van der Waals surface area contributed by atoms with Crippen LogP contribution in [0, 0.1) is 0 Å². The van der Waals surface area contributed by atoms with Crippen LogP contribution in [0.25, 0.3) is 98.8 Å². The average molecular weight is 587 g/mol. The largest absolute Gasteiger partial charge is 0.456 e. The monoisotopic (exact) mass is 586 g/mol. The fourth-order valence-electron chi connectivity index (χ4n) is 7.31. The SMILES string of the molecule is c1ccc2cc(-c3ccc(-c4c5ccccc5c(-c5ccc6c(c5)oc5ccccc56)c5oc6ccccc6c45)cc3)ccc2c1. The molecule has 2 aromatic heterocycles. The third kappa shape index (κ3) is 3.71. The van der Waals surface area contributed by atoms with Gasteiger partial charge < -0.3 is 8.83 Å². The van der Waals surface area contributed by atoms with E-state index in [2.05, 4.69) is 140 Å². The highest BCUT2D eigenvalue weighted by Gasteiger charge is 2.22. The molecule has 0 amide bonds. The van der Waals surface area contributed by atoms with E-state index in [1.165, 1.54) is 32.8 Å². The number of rotatable bonds is 3. The van der Waals surface area contributed by atoms with E-state index in [1.54, 1.807) is 0 Å². The molecule has 0 aliphatic heterocycles. The molecule has 0 N–H and O–H groups in total. The Kier molecular flexibility index (Phi) is 5.31. The zero-order chi connectivity index (χ0) is 30.2. The van der Waals surface area contributed by atoms with Crippen LogP contribution >= 0.6 is 0 Å². The van der Waals surface area contributed by atoms with Crippen LogP contribution in [0.15, 0.2) is 167 Å². The second-order valence-electron chi connectivity index (χ2n) is 12.0. The summed E-state index contributed by atoms with van der Waals surface area (Å²) in [5, 5.41) is 9.34. The molecule has 0 atom stereocenters. The molecule has 8 aromatic carbocycles. The summed E-state index contributed by atoms with van der Waals surface area (Å²) in [6.45, 7) is 0. The van der Waals surface area contributed by atoms with E-state index in [4.69, 9.17) is 8.83 Å². The zero-order valence-corrected chi connectivity index (χ0v) is 24.8. The first-order valence-electron chi connectivity index (χ1n) is 15.7. The average Bonchev–Trinajstić information content (AvgIpc) is 3.68. The van der Waals surface area contributed by atoms with E-state index in [0.717, 1.165) is 66.0 Å². The highest BCUT2D eigenvalue weighted by Crippen LogP contribution is 2.48. The second-order valence-corrected chi connectivity index (χ2v) is 12.0. The van der Waals surface area contributed by atoms with Gasteiger partial charge in [0.1, 0.15) is 22.3 Å². The molecule has 214 valence electrons. The maximum atomic E-state index is 6.78.